The number of aliphatic carboxylic acids is 1. The van der Waals surface area contributed by atoms with Gasteiger partial charge < -0.3 is 9.84 Å². The van der Waals surface area contributed by atoms with Gasteiger partial charge in [0, 0.05) is 12.4 Å². The highest BCUT2D eigenvalue weighted by Gasteiger charge is 2.30. The van der Waals surface area contributed by atoms with Crippen molar-refractivity contribution < 1.29 is 14.6 Å². The van der Waals surface area contributed by atoms with E-state index in [0.717, 1.165) is 27.9 Å². The van der Waals surface area contributed by atoms with Crippen molar-refractivity contribution in [1.82, 2.24) is 9.13 Å². The van der Waals surface area contributed by atoms with Crippen LogP contribution in [0.1, 0.15) is 36.1 Å². The number of aryl methyl sites for hydroxylation is 3. The van der Waals surface area contributed by atoms with Gasteiger partial charge in [-0.25, -0.2) is 9.59 Å². The summed E-state index contributed by atoms with van der Waals surface area (Å²) in [4.78, 5) is 24.2. The summed E-state index contributed by atoms with van der Waals surface area (Å²) in [5.41, 5.74) is 3.15. The number of benzene rings is 2. The van der Waals surface area contributed by atoms with Crippen LogP contribution in [0.3, 0.4) is 0 Å². The first-order valence-electron chi connectivity index (χ1n) is 9.46. The Hall–Kier alpha value is -3.28. The minimum atomic E-state index is -1.32. The average molecular weight is 394 g/mol. The second-order valence-electron chi connectivity index (χ2n) is 7.89. The van der Waals surface area contributed by atoms with E-state index in [2.05, 4.69) is 0 Å². The van der Waals surface area contributed by atoms with Crippen LogP contribution in [0.2, 0.25) is 0 Å². The van der Waals surface area contributed by atoms with E-state index in [0.29, 0.717) is 12.3 Å². The molecule has 6 nitrogen and oxygen atoms in total. The van der Waals surface area contributed by atoms with E-state index in [9.17, 15) is 14.7 Å². The SMILES string of the molecule is Cc1ccc(-n2ccn(Cc3cc(C)c(OC(C)(C)C(=O)O)c(C)c3)c2=O)cc1. The Morgan fingerprint density at radius 3 is 2.17 bits per heavy atom. The molecule has 0 aliphatic carbocycles. The number of ether oxygens (including phenoxy) is 1. The fourth-order valence-corrected chi connectivity index (χ4v) is 3.22. The minimum Gasteiger partial charge on any atom is -0.478 e. The van der Waals surface area contributed by atoms with Gasteiger partial charge in [0.15, 0.2) is 5.60 Å². The summed E-state index contributed by atoms with van der Waals surface area (Å²) in [5.74, 6) is -0.463. The first kappa shape index (κ1) is 20.5. The molecule has 2 aromatic carbocycles. The number of imidazole rings is 1. The maximum Gasteiger partial charge on any atom is 0.347 e. The molecule has 0 fully saturated rings. The molecule has 3 rings (SSSR count). The predicted molar refractivity (Wildman–Crippen MR) is 112 cm³/mol. The van der Waals surface area contributed by atoms with Gasteiger partial charge >= 0.3 is 11.7 Å². The molecule has 152 valence electrons. The average Bonchev–Trinajstić information content (AvgIpc) is 2.99. The van der Waals surface area contributed by atoms with Crippen molar-refractivity contribution in [3.8, 4) is 11.4 Å². The van der Waals surface area contributed by atoms with E-state index in [4.69, 9.17) is 4.74 Å². The Balaban J connectivity index is 1.87. The molecule has 29 heavy (non-hydrogen) atoms. The minimum absolute atomic E-state index is 0.114. The lowest BCUT2D eigenvalue weighted by Crippen LogP contribution is -2.38. The quantitative estimate of drug-likeness (QED) is 0.689. The molecule has 6 heteroatoms. The third-order valence-corrected chi connectivity index (χ3v) is 4.90. The number of carboxylic acid groups (broad SMARTS) is 1. The van der Waals surface area contributed by atoms with Crippen molar-refractivity contribution in [3.05, 3.63) is 81.5 Å². The summed E-state index contributed by atoms with van der Waals surface area (Å²) in [5, 5.41) is 9.31. The van der Waals surface area contributed by atoms with Crippen LogP contribution in [0.5, 0.6) is 5.75 Å². The molecular weight excluding hydrogens is 368 g/mol. The largest absolute Gasteiger partial charge is 0.478 e. The monoisotopic (exact) mass is 394 g/mol. The lowest BCUT2D eigenvalue weighted by molar-refractivity contribution is -0.152. The number of rotatable bonds is 6. The lowest BCUT2D eigenvalue weighted by Gasteiger charge is -2.24. The van der Waals surface area contributed by atoms with Gasteiger partial charge in [-0.15, -0.1) is 0 Å². The summed E-state index contributed by atoms with van der Waals surface area (Å²) >= 11 is 0. The smallest absolute Gasteiger partial charge is 0.347 e. The zero-order valence-corrected chi connectivity index (χ0v) is 17.4. The highest BCUT2D eigenvalue weighted by molar-refractivity contribution is 5.77. The maximum absolute atomic E-state index is 12.8. The van der Waals surface area contributed by atoms with Crippen molar-refractivity contribution in [2.24, 2.45) is 0 Å². The molecule has 0 saturated carbocycles. The van der Waals surface area contributed by atoms with Crippen molar-refractivity contribution in [2.75, 3.05) is 0 Å². The fourth-order valence-electron chi connectivity index (χ4n) is 3.22. The van der Waals surface area contributed by atoms with Gasteiger partial charge in [-0.1, -0.05) is 29.8 Å². The molecule has 0 amide bonds. The van der Waals surface area contributed by atoms with Crippen molar-refractivity contribution in [2.45, 2.75) is 46.8 Å². The Labute approximate surface area is 170 Å². The van der Waals surface area contributed by atoms with E-state index in [1.807, 2.05) is 57.2 Å². The summed E-state index contributed by atoms with van der Waals surface area (Å²) < 4.78 is 9.02. The fraction of sp³-hybridized carbons (Fsp3) is 0.304. The lowest BCUT2D eigenvalue weighted by atomic mass is 10.0. The number of carbonyl (C=O) groups is 1. The zero-order chi connectivity index (χ0) is 21.3. The summed E-state index contributed by atoms with van der Waals surface area (Å²) in [6.45, 7) is 9.23. The first-order chi connectivity index (χ1) is 13.6. The molecule has 0 unspecified atom stereocenters. The highest BCUT2D eigenvalue weighted by atomic mass is 16.5. The Morgan fingerprint density at radius 1 is 1.03 bits per heavy atom. The molecule has 0 aliphatic rings. The number of hydrogen-bond acceptors (Lipinski definition) is 3. The first-order valence-corrected chi connectivity index (χ1v) is 9.46. The van der Waals surface area contributed by atoms with E-state index >= 15 is 0 Å². The van der Waals surface area contributed by atoms with Gasteiger partial charge in [0.05, 0.1) is 12.2 Å². The summed E-state index contributed by atoms with van der Waals surface area (Å²) in [6, 6.07) is 11.6. The van der Waals surface area contributed by atoms with E-state index in [1.54, 1.807) is 21.5 Å². The molecule has 1 heterocycles. The van der Waals surface area contributed by atoms with Crippen molar-refractivity contribution in [1.29, 1.82) is 0 Å². The second-order valence-corrected chi connectivity index (χ2v) is 7.89. The molecule has 1 aromatic heterocycles. The molecule has 0 atom stereocenters. The van der Waals surface area contributed by atoms with Crippen LogP contribution in [0.15, 0.2) is 53.6 Å². The second kappa shape index (κ2) is 7.62. The van der Waals surface area contributed by atoms with Gasteiger partial charge in [-0.3, -0.25) is 9.13 Å². The Bertz CT molecular complexity index is 1080. The molecule has 0 spiro atoms. The third kappa shape index (κ3) is 4.26. The molecule has 0 saturated heterocycles. The zero-order valence-electron chi connectivity index (χ0n) is 17.4. The molecule has 1 N–H and O–H groups in total. The van der Waals surface area contributed by atoms with Gasteiger partial charge in [-0.2, -0.15) is 0 Å². The van der Waals surface area contributed by atoms with Gasteiger partial charge in [0.1, 0.15) is 5.75 Å². The Morgan fingerprint density at radius 2 is 1.62 bits per heavy atom. The van der Waals surface area contributed by atoms with E-state index in [-0.39, 0.29) is 5.69 Å². The Kier molecular flexibility index (Phi) is 5.38. The number of aromatic nitrogens is 2. The van der Waals surface area contributed by atoms with Crippen LogP contribution in [-0.2, 0) is 11.3 Å². The van der Waals surface area contributed by atoms with Gasteiger partial charge in [0.25, 0.3) is 0 Å². The summed E-state index contributed by atoms with van der Waals surface area (Å²) in [7, 11) is 0. The molecule has 0 radical (unpaired) electrons. The highest BCUT2D eigenvalue weighted by Crippen LogP contribution is 2.29. The van der Waals surface area contributed by atoms with Crippen molar-refractivity contribution in [3.63, 3.8) is 0 Å². The topological polar surface area (TPSA) is 73.5 Å². The molecular formula is C23H26N2O4. The van der Waals surface area contributed by atoms with Crippen LogP contribution in [-0.4, -0.2) is 25.8 Å². The van der Waals surface area contributed by atoms with Crippen LogP contribution in [0.25, 0.3) is 5.69 Å². The van der Waals surface area contributed by atoms with E-state index < -0.39 is 11.6 Å². The normalized spacial score (nSPS) is 11.5. The predicted octanol–water partition coefficient (Wildman–Crippen LogP) is 3.85. The molecule has 0 bridgehead atoms. The van der Waals surface area contributed by atoms with Crippen LogP contribution in [0, 0.1) is 20.8 Å². The number of nitrogens with zero attached hydrogens (tertiary/aromatic N) is 2. The van der Waals surface area contributed by atoms with E-state index in [1.165, 1.54) is 13.8 Å². The number of hydrogen-bond donors (Lipinski definition) is 1. The van der Waals surface area contributed by atoms with Gasteiger partial charge in [-0.05, 0) is 63.4 Å². The standard InChI is InChI=1S/C23H26N2O4/c1-15-6-8-19(9-7-15)25-11-10-24(22(25)28)14-18-12-16(2)20(17(3)13-18)29-23(4,5)21(26)27/h6-13H,14H2,1-5H3,(H,26,27). The van der Waals surface area contributed by atoms with Crippen molar-refractivity contribution >= 4 is 5.97 Å². The third-order valence-electron chi connectivity index (χ3n) is 4.90. The van der Waals surface area contributed by atoms with Crippen LogP contribution < -0.4 is 10.4 Å². The number of carboxylic acids is 1. The van der Waals surface area contributed by atoms with Gasteiger partial charge in [0.2, 0.25) is 0 Å². The van der Waals surface area contributed by atoms with Crippen LogP contribution in [0.4, 0.5) is 0 Å². The summed E-state index contributed by atoms with van der Waals surface area (Å²) in [6.07, 6.45) is 3.53. The maximum atomic E-state index is 12.8. The van der Waals surface area contributed by atoms with Crippen LogP contribution >= 0.6 is 0 Å². The molecule has 3 aromatic rings. The molecule has 0 aliphatic heterocycles.